The summed E-state index contributed by atoms with van der Waals surface area (Å²) >= 11 is 9.26. The van der Waals surface area contributed by atoms with Gasteiger partial charge >= 0.3 is 0 Å². The zero-order valence-electron chi connectivity index (χ0n) is 15.5. The highest BCUT2D eigenvalue weighted by Gasteiger charge is 2.20. The topological polar surface area (TPSA) is 87.4 Å². The first kappa shape index (κ1) is 20.6. The third-order valence-corrected chi connectivity index (χ3v) is 5.37. The maximum Gasteiger partial charge on any atom is 0.270 e. The van der Waals surface area contributed by atoms with Gasteiger partial charge in [-0.3, -0.25) is 4.79 Å². The van der Waals surface area contributed by atoms with Crippen LogP contribution >= 0.6 is 27.5 Å². The standard InChI is InChI=1S/C19H22BrClN6O/c1-26-6-8-27(9-7-26)17-10-16(24-18(25-17)15(20)11-22)19(28)23-12-13-2-4-14(21)5-3-13/h2-5,10-11H,6-9,12,22H2,1H3,(H,23,28). The molecule has 1 aromatic heterocycles. The van der Waals surface area contributed by atoms with Crippen molar-refractivity contribution in [1.82, 2.24) is 20.2 Å². The molecule has 0 radical (unpaired) electrons. The molecule has 0 atom stereocenters. The molecule has 1 amide bonds. The maximum atomic E-state index is 12.7. The lowest BCUT2D eigenvalue weighted by molar-refractivity contribution is 0.0945. The van der Waals surface area contributed by atoms with E-state index in [-0.39, 0.29) is 5.91 Å². The predicted octanol–water partition coefficient (Wildman–Crippen LogP) is 2.46. The van der Waals surface area contributed by atoms with E-state index in [9.17, 15) is 4.79 Å². The molecule has 2 heterocycles. The summed E-state index contributed by atoms with van der Waals surface area (Å²) < 4.78 is 0.537. The van der Waals surface area contributed by atoms with E-state index in [2.05, 4.69) is 48.1 Å². The minimum atomic E-state index is -0.272. The van der Waals surface area contributed by atoms with Gasteiger partial charge < -0.3 is 20.9 Å². The van der Waals surface area contributed by atoms with Crippen molar-refractivity contribution in [3.63, 3.8) is 0 Å². The molecule has 0 aliphatic carbocycles. The molecule has 1 aliphatic rings. The Morgan fingerprint density at radius 2 is 1.93 bits per heavy atom. The van der Waals surface area contributed by atoms with Crippen LogP contribution in [0.5, 0.6) is 0 Å². The Bertz CT molecular complexity index is 865. The Balaban J connectivity index is 1.80. The van der Waals surface area contributed by atoms with Crippen LogP contribution in [0.4, 0.5) is 5.82 Å². The molecule has 7 nitrogen and oxygen atoms in total. The highest BCUT2D eigenvalue weighted by molar-refractivity contribution is 9.15. The van der Waals surface area contributed by atoms with Crippen molar-refractivity contribution < 1.29 is 4.79 Å². The van der Waals surface area contributed by atoms with Crippen LogP contribution in [-0.2, 0) is 6.54 Å². The average molecular weight is 466 g/mol. The molecule has 0 saturated carbocycles. The van der Waals surface area contributed by atoms with Crippen molar-refractivity contribution in [2.75, 3.05) is 38.1 Å². The Hall–Kier alpha value is -2.16. The largest absolute Gasteiger partial charge is 0.404 e. The number of halogens is 2. The van der Waals surface area contributed by atoms with Crippen molar-refractivity contribution in [2.45, 2.75) is 6.54 Å². The van der Waals surface area contributed by atoms with Gasteiger partial charge in [-0.05, 0) is 40.7 Å². The van der Waals surface area contributed by atoms with Crippen molar-refractivity contribution in [1.29, 1.82) is 0 Å². The molecule has 1 saturated heterocycles. The number of hydrogen-bond donors (Lipinski definition) is 2. The fourth-order valence-electron chi connectivity index (χ4n) is 2.80. The van der Waals surface area contributed by atoms with E-state index in [0.717, 1.165) is 31.7 Å². The Morgan fingerprint density at radius 3 is 2.57 bits per heavy atom. The zero-order valence-corrected chi connectivity index (χ0v) is 17.9. The molecule has 28 heavy (non-hydrogen) atoms. The number of carbonyl (C=O) groups is 1. The van der Waals surface area contributed by atoms with Gasteiger partial charge in [0.1, 0.15) is 11.5 Å². The smallest absolute Gasteiger partial charge is 0.270 e. The van der Waals surface area contributed by atoms with E-state index in [1.807, 2.05) is 12.1 Å². The van der Waals surface area contributed by atoms with Crippen LogP contribution in [0.15, 0.2) is 36.5 Å². The van der Waals surface area contributed by atoms with Gasteiger partial charge in [0.2, 0.25) is 0 Å². The lowest BCUT2D eigenvalue weighted by Crippen LogP contribution is -2.45. The maximum absolute atomic E-state index is 12.7. The average Bonchev–Trinajstić information content (AvgIpc) is 2.72. The second kappa shape index (κ2) is 9.36. The molecule has 9 heteroatoms. The molecule has 2 aromatic rings. The first-order valence-corrected chi connectivity index (χ1v) is 10.1. The number of piperazine rings is 1. The summed E-state index contributed by atoms with van der Waals surface area (Å²) in [7, 11) is 2.09. The third kappa shape index (κ3) is 5.21. The monoisotopic (exact) mass is 464 g/mol. The zero-order chi connectivity index (χ0) is 20.1. The number of hydrogen-bond acceptors (Lipinski definition) is 6. The number of benzene rings is 1. The van der Waals surface area contributed by atoms with Crippen LogP contribution in [0, 0.1) is 0 Å². The summed E-state index contributed by atoms with van der Waals surface area (Å²) in [5.74, 6) is 0.829. The fraction of sp³-hybridized carbons (Fsp3) is 0.316. The molecular formula is C19H22BrClN6O. The van der Waals surface area contributed by atoms with Gasteiger partial charge in [0.25, 0.3) is 5.91 Å². The van der Waals surface area contributed by atoms with E-state index in [1.165, 1.54) is 6.20 Å². The number of aromatic nitrogens is 2. The van der Waals surface area contributed by atoms with Gasteiger partial charge in [-0.2, -0.15) is 0 Å². The minimum Gasteiger partial charge on any atom is -0.404 e. The van der Waals surface area contributed by atoms with Crippen LogP contribution in [0.1, 0.15) is 21.9 Å². The quantitative estimate of drug-likeness (QED) is 0.705. The van der Waals surface area contributed by atoms with E-state index < -0.39 is 0 Å². The molecule has 3 rings (SSSR count). The minimum absolute atomic E-state index is 0.272. The van der Waals surface area contributed by atoms with E-state index in [0.29, 0.717) is 33.4 Å². The van der Waals surface area contributed by atoms with Gasteiger partial charge in [0.05, 0.1) is 4.48 Å². The van der Waals surface area contributed by atoms with Crippen LogP contribution in [0.2, 0.25) is 5.02 Å². The van der Waals surface area contributed by atoms with Crippen LogP contribution in [-0.4, -0.2) is 54.0 Å². The second-order valence-electron chi connectivity index (χ2n) is 6.55. The van der Waals surface area contributed by atoms with Crippen LogP contribution < -0.4 is 16.0 Å². The molecule has 1 fully saturated rings. The molecule has 0 bridgehead atoms. The fourth-order valence-corrected chi connectivity index (χ4v) is 3.11. The van der Waals surface area contributed by atoms with Crippen LogP contribution in [0.3, 0.4) is 0 Å². The normalized spacial score (nSPS) is 15.5. The Morgan fingerprint density at radius 1 is 1.25 bits per heavy atom. The van der Waals surface area contributed by atoms with Crippen molar-refractivity contribution >= 4 is 43.7 Å². The highest BCUT2D eigenvalue weighted by atomic mass is 79.9. The summed E-state index contributed by atoms with van der Waals surface area (Å²) in [4.78, 5) is 26.1. The summed E-state index contributed by atoms with van der Waals surface area (Å²) in [5, 5.41) is 3.55. The summed E-state index contributed by atoms with van der Waals surface area (Å²) in [5.41, 5.74) is 6.85. The molecule has 1 aromatic carbocycles. The first-order valence-electron chi connectivity index (χ1n) is 8.89. The van der Waals surface area contributed by atoms with Gasteiger partial charge in [-0.15, -0.1) is 0 Å². The lowest BCUT2D eigenvalue weighted by Gasteiger charge is -2.33. The van der Waals surface area contributed by atoms with Crippen LogP contribution in [0.25, 0.3) is 4.48 Å². The van der Waals surface area contributed by atoms with Crippen molar-refractivity contribution in [3.8, 4) is 0 Å². The van der Waals surface area contributed by atoms with Gasteiger partial charge in [-0.25, -0.2) is 9.97 Å². The van der Waals surface area contributed by atoms with Gasteiger partial charge in [0.15, 0.2) is 5.82 Å². The molecule has 1 aliphatic heterocycles. The lowest BCUT2D eigenvalue weighted by atomic mass is 10.2. The number of carbonyl (C=O) groups excluding carboxylic acids is 1. The van der Waals surface area contributed by atoms with Crippen molar-refractivity contribution in [2.24, 2.45) is 5.73 Å². The Labute approximate surface area is 177 Å². The molecular weight excluding hydrogens is 444 g/mol. The number of likely N-dealkylation sites (N-methyl/N-ethyl adjacent to an activating group) is 1. The third-order valence-electron chi connectivity index (χ3n) is 4.50. The van der Waals surface area contributed by atoms with E-state index >= 15 is 0 Å². The number of nitrogens with zero attached hydrogens (tertiary/aromatic N) is 4. The van der Waals surface area contributed by atoms with Crippen molar-refractivity contribution in [3.05, 3.63) is 58.6 Å². The van der Waals surface area contributed by atoms with E-state index in [1.54, 1.807) is 18.2 Å². The highest BCUT2D eigenvalue weighted by Crippen LogP contribution is 2.21. The molecule has 0 unspecified atom stereocenters. The summed E-state index contributed by atoms with van der Waals surface area (Å²) in [6.45, 7) is 3.93. The van der Waals surface area contributed by atoms with Gasteiger partial charge in [0, 0.05) is 50.0 Å². The first-order chi connectivity index (χ1) is 13.5. The Kier molecular flexibility index (Phi) is 6.88. The number of amides is 1. The predicted molar refractivity (Wildman–Crippen MR) is 115 cm³/mol. The number of rotatable bonds is 5. The van der Waals surface area contributed by atoms with E-state index in [4.69, 9.17) is 17.3 Å². The molecule has 0 spiro atoms. The number of anilines is 1. The molecule has 148 valence electrons. The summed E-state index contributed by atoms with van der Waals surface area (Å²) in [6, 6.07) is 9.05. The summed E-state index contributed by atoms with van der Waals surface area (Å²) in [6.07, 6.45) is 1.37. The molecule has 3 N–H and O–H groups in total. The second-order valence-corrected chi connectivity index (χ2v) is 7.84. The number of nitrogens with one attached hydrogen (secondary N) is 1. The SMILES string of the molecule is CN1CCN(c2cc(C(=O)NCc3ccc(Cl)cc3)nc(C(Br)=CN)n2)CC1. The number of nitrogens with two attached hydrogens (primary N) is 1. The van der Waals surface area contributed by atoms with Gasteiger partial charge in [-0.1, -0.05) is 23.7 Å².